The molecule has 0 atom stereocenters. The second kappa shape index (κ2) is 8.79. The Balaban J connectivity index is 1.75. The quantitative estimate of drug-likeness (QED) is 0.377. The van der Waals surface area contributed by atoms with Crippen molar-refractivity contribution in [2.45, 2.75) is 8.69 Å². The molecule has 2 aromatic carbocycles. The number of alkyl halides is 3. The molecule has 0 radical (unpaired) electrons. The summed E-state index contributed by atoms with van der Waals surface area (Å²) in [5, 5.41) is 0.411. The molecule has 1 aliphatic rings. The van der Waals surface area contributed by atoms with Crippen LogP contribution in [0, 0.1) is 5.82 Å². The van der Waals surface area contributed by atoms with Gasteiger partial charge in [0.15, 0.2) is 6.29 Å². The monoisotopic (exact) mass is 531 g/mol. The van der Waals surface area contributed by atoms with Crippen LogP contribution in [0.3, 0.4) is 0 Å². The van der Waals surface area contributed by atoms with E-state index in [9.17, 15) is 22.4 Å². The summed E-state index contributed by atoms with van der Waals surface area (Å²) < 4.78 is 39.6. The summed E-state index contributed by atoms with van der Waals surface area (Å²) in [4.78, 5) is 26.9. The molecule has 7 nitrogen and oxygen atoms in total. The molecule has 0 bridgehead atoms. The van der Waals surface area contributed by atoms with Gasteiger partial charge in [-0.3, -0.25) is 9.59 Å². The minimum Gasteiger partial charge on any atom is -0.367 e. The predicted molar refractivity (Wildman–Crippen MR) is 125 cm³/mol. The average Bonchev–Trinajstić information content (AvgIpc) is 3.18. The number of piperazine rings is 1. The van der Waals surface area contributed by atoms with E-state index >= 15 is 0 Å². The Bertz CT molecular complexity index is 1350. The SMILES string of the molecule is O=Cc1cn(S(=O)(=O)c2ccccc2F)c2cccc(N3CCN(C(=O)C(Cl)(Cl)Cl)CC3)c12. The third-order valence-electron chi connectivity index (χ3n) is 5.45. The van der Waals surface area contributed by atoms with Crippen molar-refractivity contribution in [3.8, 4) is 0 Å². The van der Waals surface area contributed by atoms with E-state index in [1.54, 1.807) is 18.2 Å². The number of amides is 1. The molecule has 33 heavy (non-hydrogen) atoms. The van der Waals surface area contributed by atoms with Gasteiger partial charge < -0.3 is 9.80 Å². The highest BCUT2D eigenvalue weighted by molar-refractivity contribution is 7.90. The zero-order valence-electron chi connectivity index (χ0n) is 16.9. The number of halogens is 4. The highest BCUT2D eigenvalue weighted by atomic mass is 35.6. The van der Waals surface area contributed by atoms with Crippen molar-refractivity contribution in [3.63, 3.8) is 0 Å². The molecule has 1 fully saturated rings. The first-order valence-corrected chi connectivity index (χ1v) is 12.3. The lowest BCUT2D eigenvalue weighted by atomic mass is 10.1. The number of aromatic nitrogens is 1. The van der Waals surface area contributed by atoms with E-state index in [1.165, 1.54) is 29.3 Å². The largest absolute Gasteiger partial charge is 0.367 e. The lowest BCUT2D eigenvalue weighted by Crippen LogP contribution is -2.51. The molecule has 0 unspecified atom stereocenters. The van der Waals surface area contributed by atoms with Gasteiger partial charge in [-0.25, -0.2) is 16.8 Å². The van der Waals surface area contributed by atoms with Crippen LogP contribution in [0.15, 0.2) is 53.6 Å². The van der Waals surface area contributed by atoms with Crippen LogP contribution in [0.25, 0.3) is 10.9 Å². The van der Waals surface area contributed by atoms with E-state index in [0.29, 0.717) is 30.4 Å². The van der Waals surface area contributed by atoms with Crippen LogP contribution >= 0.6 is 34.8 Å². The van der Waals surface area contributed by atoms with Gasteiger partial charge in [0.1, 0.15) is 10.7 Å². The minimum absolute atomic E-state index is 0.139. The fourth-order valence-electron chi connectivity index (χ4n) is 3.91. The molecule has 3 aromatic rings. The van der Waals surface area contributed by atoms with Crippen molar-refractivity contribution >= 4 is 73.6 Å². The van der Waals surface area contributed by atoms with Crippen LogP contribution in [-0.4, -0.2) is 59.5 Å². The molecule has 4 rings (SSSR count). The Morgan fingerprint density at radius 3 is 2.27 bits per heavy atom. The van der Waals surface area contributed by atoms with E-state index in [4.69, 9.17) is 34.8 Å². The Morgan fingerprint density at radius 2 is 1.67 bits per heavy atom. The third-order valence-corrected chi connectivity index (χ3v) is 7.65. The predicted octanol–water partition coefficient (Wildman–Crippen LogP) is 3.85. The molecule has 0 aliphatic carbocycles. The molecule has 12 heteroatoms. The Kier molecular flexibility index (Phi) is 6.34. The van der Waals surface area contributed by atoms with Gasteiger partial charge in [0.05, 0.1) is 5.52 Å². The van der Waals surface area contributed by atoms with Gasteiger partial charge in [-0.05, 0) is 24.3 Å². The lowest BCUT2D eigenvalue weighted by molar-refractivity contribution is -0.130. The maximum atomic E-state index is 14.3. The lowest BCUT2D eigenvalue weighted by Gasteiger charge is -2.37. The Hall–Kier alpha value is -2.33. The molecular formula is C21H17Cl3FN3O4S. The molecule has 0 saturated carbocycles. The smallest absolute Gasteiger partial charge is 0.274 e. The summed E-state index contributed by atoms with van der Waals surface area (Å²) in [7, 11) is -4.30. The summed E-state index contributed by atoms with van der Waals surface area (Å²) >= 11 is 17.1. The topological polar surface area (TPSA) is 79.7 Å². The molecule has 2 heterocycles. The van der Waals surface area contributed by atoms with E-state index in [-0.39, 0.29) is 24.2 Å². The van der Waals surface area contributed by atoms with Crippen molar-refractivity contribution in [2.24, 2.45) is 0 Å². The van der Waals surface area contributed by atoms with Gasteiger partial charge in [-0.2, -0.15) is 0 Å². The summed E-state index contributed by atoms with van der Waals surface area (Å²) in [5.74, 6) is -1.51. The van der Waals surface area contributed by atoms with Gasteiger partial charge in [0, 0.05) is 49.0 Å². The van der Waals surface area contributed by atoms with Gasteiger partial charge in [0.2, 0.25) is 0 Å². The number of rotatable bonds is 4. The number of aldehydes is 1. The summed E-state index contributed by atoms with van der Waals surface area (Å²) in [5.41, 5.74) is 0.982. The molecule has 174 valence electrons. The molecule has 1 saturated heterocycles. The summed E-state index contributed by atoms with van der Waals surface area (Å²) in [6, 6.07) is 9.99. The van der Waals surface area contributed by atoms with E-state index < -0.39 is 30.4 Å². The van der Waals surface area contributed by atoms with Crippen LogP contribution in [0.2, 0.25) is 0 Å². The number of benzene rings is 2. The highest BCUT2D eigenvalue weighted by Crippen LogP contribution is 2.35. The van der Waals surface area contributed by atoms with Crippen LogP contribution in [0.1, 0.15) is 10.4 Å². The van der Waals surface area contributed by atoms with Crippen molar-refractivity contribution in [1.29, 1.82) is 0 Å². The fourth-order valence-corrected chi connectivity index (χ4v) is 5.71. The normalized spacial score (nSPS) is 15.2. The first kappa shape index (κ1) is 23.8. The number of anilines is 1. The molecular weight excluding hydrogens is 516 g/mol. The third kappa shape index (κ3) is 4.30. The number of carbonyl (C=O) groups excluding carboxylic acids is 2. The van der Waals surface area contributed by atoms with Crippen molar-refractivity contribution < 1.29 is 22.4 Å². The number of carbonyl (C=O) groups is 2. The Labute approximate surface area is 204 Å². The van der Waals surface area contributed by atoms with Crippen LogP contribution < -0.4 is 4.90 Å². The average molecular weight is 533 g/mol. The molecule has 1 aliphatic heterocycles. The molecule has 0 spiro atoms. The zero-order valence-corrected chi connectivity index (χ0v) is 20.0. The van der Waals surface area contributed by atoms with Crippen molar-refractivity contribution in [3.05, 3.63) is 60.0 Å². The summed E-state index contributed by atoms with van der Waals surface area (Å²) in [6.45, 7) is 1.28. The van der Waals surface area contributed by atoms with E-state index in [0.717, 1.165) is 10.0 Å². The van der Waals surface area contributed by atoms with Crippen LogP contribution in [0.5, 0.6) is 0 Å². The number of hydrogen-bond donors (Lipinski definition) is 0. The van der Waals surface area contributed by atoms with E-state index in [1.807, 2.05) is 4.90 Å². The van der Waals surface area contributed by atoms with Crippen LogP contribution in [-0.2, 0) is 14.8 Å². The van der Waals surface area contributed by atoms with E-state index in [2.05, 4.69) is 0 Å². The number of fused-ring (bicyclic) bond motifs is 1. The van der Waals surface area contributed by atoms with Gasteiger partial charge in [-0.15, -0.1) is 0 Å². The zero-order chi connectivity index (χ0) is 24.0. The first-order chi connectivity index (χ1) is 15.6. The number of nitrogens with zero attached hydrogens (tertiary/aromatic N) is 3. The molecule has 1 amide bonds. The highest BCUT2D eigenvalue weighted by Gasteiger charge is 2.37. The molecule has 0 N–H and O–H groups in total. The Morgan fingerprint density at radius 1 is 1.00 bits per heavy atom. The first-order valence-electron chi connectivity index (χ1n) is 9.76. The maximum Gasteiger partial charge on any atom is 0.274 e. The second-order valence-electron chi connectivity index (χ2n) is 7.38. The van der Waals surface area contributed by atoms with Crippen molar-refractivity contribution in [1.82, 2.24) is 8.87 Å². The second-order valence-corrected chi connectivity index (χ2v) is 11.4. The minimum atomic E-state index is -4.30. The number of hydrogen-bond acceptors (Lipinski definition) is 5. The fraction of sp³-hybridized carbons (Fsp3) is 0.238. The van der Waals surface area contributed by atoms with Gasteiger partial charge in [-0.1, -0.05) is 53.0 Å². The standard InChI is InChI=1S/C21H17Cl3FN3O4S/c22-21(23,24)20(30)27-10-8-26(9-11-27)16-5-3-6-17-19(16)14(13-29)12-28(17)33(31,32)18-7-2-1-4-15(18)25/h1-7,12-13H,8-11H2. The molecule has 1 aromatic heterocycles. The van der Waals surface area contributed by atoms with Gasteiger partial charge >= 0.3 is 0 Å². The summed E-state index contributed by atoms with van der Waals surface area (Å²) in [6.07, 6.45) is 1.74. The van der Waals surface area contributed by atoms with Crippen LogP contribution in [0.4, 0.5) is 10.1 Å². The van der Waals surface area contributed by atoms with Crippen molar-refractivity contribution in [2.75, 3.05) is 31.1 Å². The maximum absolute atomic E-state index is 14.3. The van der Waals surface area contributed by atoms with Gasteiger partial charge in [0.25, 0.3) is 19.7 Å².